The summed E-state index contributed by atoms with van der Waals surface area (Å²) in [4.78, 5) is 7.53. The lowest BCUT2D eigenvalue weighted by Gasteiger charge is -2.06. The highest BCUT2D eigenvalue weighted by molar-refractivity contribution is 6.58. The molecule has 0 amide bonds. The predicted molar refractivity (Wildman–Crippen MR) is 52.2 cm³/mol. The topological polar surface area (TPSA) is 75.5 Å². The average molecular weight is 197 g/mol. The van der Waals surface area contributed by atoms with E-state index in [1.807, 2.05) is 0 Å². The first kappa shape index (κ1) is 9.42. The van der Waals surface area contributed by atoms with Crippen molar-refractivity contribution in [2.24, 2.45) is 5.89 Å². The molecule has 0 aliphatic heterocycles. The molecular weight excluding hydrogens is 183 g/mol. The standard InChI is InChI=1S/C8H13BN2O3/c1-6(2)5-14-8-10-3-7(4-11-8)9(12)13/h3-4,6,12-13H,5H2,1-2H3/i6D. The zero-order chi connectivity index (χ0) is 11.5. The normalized spacial score (nSPS) is 12.1. The molecule has 0 unspecified atom stereocenters. The van der Waals surface area contributed by atoms with Crippen molar-refractivity contribution in [3.63, 3.8) is 0 Å². The van der Waals surface area contributed by atoms with Gasteiger partial charge in [0.2, 0.25) is 0 Å². The third kappa shape index (κ3) is 3.31. The van der Waals surface area contributed by atoms with Crippen LogP contribution < -0.4 is 10.2 Å². The van der Waals surface area contributed by atoms with Gasteiger partial charge in [0.05, 0.1) is 6.61 Å². The molecule has 76 valence electrons. The minimum Gasteiger partial charge on any atom is -0.463 e. The molecule has 0 spiro atoms. The van der Waals surface area contributed by atoms with E-state index in [-0.39, 0.29) is 18.1 Å². The molecule has 1 rings (SSSR count). The molecule has 0 saturated heterocycles. The number of rotatable bonds is 4. The number of nitrogens with zero attached hydrogens (tertiary/aromatic N) is 2. The summed E-state index contributed by atoms with van der Waals surface area (Å²) in [6, 6.07) is 0.125. The fourth-order valence-corrected chi connectivity index (χ4v) is 0.743. The zero-order valence-corrected chi connectivity index (χ0v) is 8.14. The second kappa shape index (κ2) is 4.92. The van der Waals surface area contributed by atoms with Crippen LogP contribution in [0.5, 0.6) is 6.01 Å². The molecule has 0 fully saturated rings. The lowest BCUT2D eigenvalue weighted by molar-refractivity contribution is 0.251. The minimum absolute atomic E-state index is 0.125. The van der Waals surface area contributed by atoms with Crippen molar-refractivity contribution in [3.8, 4) is 6.01 Å². The third-order valence-corrected chi connectivity index (χ3v) is 1.44. The van der Waals surface area contributed by atoms with Crippen LogP contribution in [-0.2, 0) is 0 Å². The number of hydrogen-bond acceptors (Lipinski definition) is 5. The van der Waals surface area contributed by atoms with Crippen LogP contribution in [0.2, 0.25) is 0 Å². The van der Waals surface area contributed by atoms with Gasteiger partial charge >= 0.3 is 13.1 Å². The fourth-order valence-electron chi connectivity index (χ4n) is 0.743. The van der Waals surface area contributed by atoms with Gasteiger partial charge in [0.15, 0.2) is 0 Å². The van der Waals surface area contributed by atoms with Gasteiger partial charge in [0.25, 0.3) is 0 Å². The Morgan fingerprint density at radius 2 is 2.07 bits per heavy atom. The minimum atomic E-state index is -1.58. The Balaban J connectivity index is 2.57. The monoisotopic (exact) mass is 197 g/mol. The van der Waals surface area contributed by atoms with Gasteiger partial charge in [-0.25, -0.2) is 9.97 Å². The number of ether oxygens (including phenoxy) is 1. The van der Waals surface area contributed by atoms with Gasteiger partial charge in [0.1, 0.15) is 0 Å². The van der Waals surface area contributed by atoms with E-state index in [2.05, 4.69) is 9.97 Å². The van der Waals surface area contributed by atoms with Crippen molar-refractivity contribution in [3.05, 3.63) is 12.4 Å². The molecule has 0 atom stereocenters. The van der Waals surface area contributed by atoms with Crippen molar-refractivity contribution in [1.82, 2.24) is 9.97 Å². The number of hydrogen-bond donors (Lipinski definition) is 2. The molecule has 1 heterocycles. The van der Waals surface area contributed by atoms with Crippen molar-refractivity contribution >= 4 is 12.6 Å². The smallest absolute Gasteiger partial charge is 0.463 e. The summed E-state index contributed by atoms with van der Waals surface area (Å²) < 4.78 is 12.7. The first-order valence-corrected chi connectivity index (χ1v) is 4.19. The van der Waals surface area contributed by atoms with E-state index in [1.165, 1.54) is 12.4 Å². The van der Waals surface area contributed by atoms with E-state index in [0.29, 0.717) is 0 Å². The maximum absolute atomic E-state index is 8.78. The zero-order valence-electron chi connectivity index (χ0n) is 9.14. The van der Waals surface area contributed by atoms with Gasteiger partial charge in [0, 0.05) is 19.2 Å². The van der Waals surface area contributed by atoms with Crippen molar-refractivity contribution < 1.29 is 16.2 Å². The lowest BCUT2D eigenvalue weighted by atomic mass is 9.83. The van der Waals surface area contributed by atoms with Crippen LogP contribution in [0, 0.1) is 5.89 Å². The highest BCUT2D eigenvalue weighted by Gasteiger charge is 2.11. The van der Waals surface area contributed by atoms with Gasteiger partial charge in [-0.2, -0.15) is 0 Å². The van der Waals surface area contributed by atoms with Crippen LogP contribution >= 0.6 is 0 Å². The summed E-state index contributed by atoms with van der Waals surface area (Å²) in [5.74, 6) is -0.710. The van der Waals surface area contributed by atoms with Crippen molar-refractivity contribution in [2.75, 3.05) is 6.61 Å². The van der Waals surface area contributed by atoms with Crippen LogP contribution in [0.15, 0.2) is 12.4 Å². The third-order valence-electron chi connectivity index (χ3n) is 1.44. The van der Waals surface area contributed by atoms with Crippen LogP contribution in [0.3, 0.4) is 0 Å². The summed E-state index contributed by atoms with van der Waals surface area (Å²) in [6.07, 6.45) is 2.54. The second-order valence-corrected chi connectivity index (χ2v) is 3.17. The fraction of sp³-hybridized carbons (Fsp3) is 0.500. The summed E-state index contributed by atoms with van der Waals surface area (Å²) >= 11 is 0. The van der Waals surface area contributed by atoms with Crippen molar-refractivity contribution in [2.45, 2.75) is 13.8 Å². The van der Waals surface area contributed by atoms with Gasteiger partial charge in [-0.1, -0.05) is 13.8 Å². The molecule has 0 aliphatic rings. The highest BCUT2D eigenvalue weighted by Crippen LogP contribution is 2.00. The van der Waals surface area contributed by atoms with Gasteiger partial charge in [-0.05, 0) is 5.89 Å². The molecule has 2 N–H and O–H groups in total. The summed E-state index contributed by atoms with van der Waals surface area (Å²) in [5, 5.41) is 17.6. The second-order valence-electron chi connectivity index (χ2n) is 3.17. The lowest BCUT2D eigenvalue weighted by Crippen LogP contribution is -2.30. The Bertz CT molecular complexity index is 313. The summed E-state index contributed by atoms with van der Waals surface area (Å²) in [5.41, 5.74) is 0.201. The van der Waals surface area contributed by atoms with Gasteiger partial charge in [-0.3, -0.25) is 0 Å². The maximum atomic E-state index is 8.78. The molecule has 1 aromatic rings. The summed E-state index contributed by atoms with van der Waals surface area (Å²) in [6.45, 7) is 3.59. The van der Waals surface area contributed by atoms with Crippen LogP contribution in [-0.4, -0.2) is 33.7 Å². The molecule has 14 heavy (non-hydrogen) atoms. The quantitative estimate of drug-likeness (QED) is 0.617. The summed E-state index contributed by atoms with van der Waals surface area (Å²) in [7, 11) is -1.58. The SMILES string of the molecule is [2H]C(C)(C)COc1ncc(B(O)O)cn1. The predicted octanol–water partition coefficient (Wildman–Crippen LogP) is -0.809. The van der Waals surface area contributed by atoms with E-state index < -0.39 is 13.0 Å². The highest BCUT2D eigenvalue weighted by atomic mass is 16.5. The Kier molecular flexibility index (Phi) is 3.31. The van der Waals surface area contributed by atoms with Crippen LogP contribution in [0.25, 0.3) is 0 Å². The first-order valence-electron chi connectivity index (χ1n) is 4.69. The Morgan fingerprint density at radius 3 is 2.50 bits per heavy atom. The van der Waals surface area contributed by atoms with E-state index in [9.17, 15) is 0 Å². The molecule has 0 saturated carbocycles. The molecule has 0 radical (unpaired) electrons. The Hall–Kier alpha value is -1.14. The van der Waals surface area contributed by atoms with E-state index >= 15 is 0 Å². The molecule has 0 aliphatic carbocycles. The number of aromatic nitrogens is 2. The molecule has 1 aromatic heterocycles. The molecule has 0 aromatic carbocycles. The van der Waals surface area contributed by atoms with Crippen LogP contribution in [0.1, 0.15) is 15.2 Å². The molecule has 0 bridgehead atoms. The molecule has 5 nitrogen and oxygen atoms in total. The van der Waals surface area contributed by atoms with Gasteiger partial charge in [-0.15, -0.1) is 0 Å². The van der Waals surface area contributed by atoms with E-state index in [1.54, 1.807) is 13.8 Å². The largest absolute Gasteiger partial charge is 0.491 e. The Morgan fingerprint density at radius 1 is 1.50 bits per heavy atom. The van der Waals surface area contributed by atoms with Crippen LogP contribution in [0.4, 0.5) is 0 Å². The van der Waals surface area contributed by atoms with E-state index in [4.69, 9.17) is 16.2 Å². The Labute approximate surface area is 84.3 Å². The first-order chi connectivity index (χ1) is 6.88. The van der Waals surface area contributed by atoms with Crippen molar-refractivity contribution in [1.29, 1.82) is 0 Å². The molecule has 6 heteroatoms. The van der Waals surface area contributed by atoms with Gasteiger partial charge < -0.3 is 14.8 Å². The molecular formula is C8H13BN2O3. The average Bonchev–Trinajstić information content (AvgIpc) is 2.14. The maximum Gasteiger partial charge on any atom is 0.491 e. The van der Waals surface area contributed by atoms with E-state index in [0.717, 1.165) is 0 Å².